The summed E-state index contributed by atoms with van der Waals surface area (Å²) in [4.78, 5) is 20.9. The molecular weight excluding hydrogens is 278 g/mol. The quantitative estimate of drug-likeness (QED) is 0.928. The number of nitrogens with zero attached hydrogens (tertiary/aromatic N) is 3. The number of hydrogen-bond donors (Lipinski definition) is 1. The SMILES string of the molecule is CN(C(=O)c1cc(N2CC[C@@H](O)C2)ccn1)C1CCCCC1. The zero-order valence-electron chi connectivity index (χ0n) is 13.2. The predicted octanol–water partition coefficient (Wildman–Crippen LogP) is 2.06. The first-order valence-corrected chi connectivity index (χ1v) is 8.31. The van der Waals surface area contributed by atoms with E-state index in [0.717, 1.165) is 31.5 Å². The maximum Gasteiger partial charge on any atom is 0.272 e. The van der Waals surface area contributed by atoms with Gasteiger partial charge in [-0.15, -0.1) is 0 Å². The summed E-state index contributed by atoms with van der Waals surface area (Å²) in [6.45, 7) is 1.47. The molecule has 1 aromatic heterocycles. The van der Waals surface area contributed by atoms with Gasteiger partial charge < -0.3 is 14.9 Å². The number of aliphatic hydroxyl groups is 1. The van der Waals surface area contributed by atoms with Crippen LogP contribution < -0.4 is 4.90 Å². The van der Waals surface area contributed by atoms with Gasteiger partial charge in [0.15, 0.2) is 0 Å². The summed E-state index contributed by atoms with van der Waals surface area (Å²) < 4.78 is 0. The van der Waals surface area contributed by atoms with E-state index in [1.165, 1.54) is 19.3 Å². The van der Waals surface area contributed by atoms with Crippen LogP contribution in [0.5, 0.6) is 0 Å². The van der Waals surface area contributed by atoms with Crippen molar-refractivity contribution in [1.29, 1.82) is 0 Å². The Morgan fingerprint density at radius 3 is 2.77 bits per heavy atom. The molecule has 2 aliphatic rings. The van der Waals surface area contributed by atoms with E-state index in [9.17, 15) is 9.90 Å². The van der Waals surface area contributed by atoms with Gasteiger partial charge in [0.1, 0.15) is 5.69 Å². The van der Waals surface area contributed by atoms with Gasteiger partial charge in [0.05, 0.1) is 6.10 Å². The molecule has 1 aliphatic carbocycles. The number of amides is 1. The van der Waals surface area contributed by atoms with E-state index in [-0.39, 0.29) is 12.0 Å². The summed E-state index contributed by atoms with van der Waals surface area (Å²) in [7, 11) is 1.90. The second kappa shape index (κ2) is 6.65. The molecule has 0 aromatic carbocycles. The first-order chi connectivity index (χ1) is 10.6. The largest absolute Gasteiger partial charge is 0.391 e. The van der Waals surface area contributed by atoms with Crippen molar-refractivity contribution in [3.63, 3.8) is 0 Å². The fourth-order valence-electron chi connectivity index (χ4n) is 3.52. The van der Waals surface area contributed by atoms with Crippen molar-refractivity contribution in [2.24, 2.45) is 0 Å². The van der Waals surface area contributed by atoms with Gasteiger partial charge in [-0.2, -0.15) is 0 Å². The minimum Gasteiger partial charge on any atom is -0.391 e. The lowest BCUT2D eigenvalue weighted by molar-refractivity contribution is 0.0690. The maximum atomic E-state index is 12.7. The monoisotopic (exact) mass is 303 g/mol. The maximum absolute atomic E-state index is 12.7. The molecule has 5 heteroatoms. The molecule has 2 heterocycles. The molecular formula is C17H25N3O2. The lowest BCUT2D eigenvalue weighted by Gasteiger charge is -2.31. The van der Waals surface area contributed by atoms with E-state index in [2.05, 4.69) is 9.88 Å². The van der Waals surface area contributed by atoms with E-state index < -0.39 is 0 Å². The number of β-amino-alcohol motifs (C(OH)–C–C–N with tert-alkyl or cyclic N) is 1. The smallest absolute Gasteiger partial charge is 0.272 e. The summed E-state index contributed by atoms with van der Waals surface area (Å²) in [5.74, 6) is 0.00787. The van der Waals surface area contributed by atoms with Crippen molar-refractivity contribution >= 4 is 11.6 Å². The van der Waals surface area contributed by atoms with Crippen LogP contribution in [-0.2, 0) is 0 Å². The highest BCUT2D eigenvalue weighted by Gasteiger charge is 2.25. The first kappa shape index (κ1) is 15.3. The van der Waals surface area contributed by atoms with Crippen molar-refractivity contribution in [3.8, 4) is 0 Å². The highest BCUT2D eigenvalue weighted by molar-refractivity contribution is 5.93. The van der Waals surface area contributed by atoms with Gasteiger partial charge >= 0.3 is 0 Å². The highest BCUT2D eigenvalue weighted by atomic mass is 16.3. The number of rotatable bonds is 3. The second-order valence-corrected chi connectivity index (χ2v) is 6.50. The summed E-state index contributed by atoms with van der Waals surface area (Å²) >= 11 is 0. The van der Waals surface area contributed by atoms with Crippen molar-refractivity contribution in [2.75, 3.05) is 25.0 Å². The minimum atomic E-state index is -0.266. The number of carbonyl (C=O) groups is 1. The Morgan fingerprint density at radius 1 is 1.32 bits per heavy atom. The molecule has 3 rings (SSSR count). The molecule has 2 fully saturated rings. The fraction of sp³-hybridized carbons (Fsp3) is 0.647. The molecule has 0 radical (unpaired) electrons. The zero-order valence-corrected chi connectivity index (χ0v) is 13.2. The van der Waals surface area contributed by atoms with Crippen molar-refractivity contribution in [3.05, 3.63) is 24.0 Å². The van der Waals surface area contributed by atoms with Crippen LogP contribution in [-0.4, -0.2) is 53.2 Å². The Balaban J connectivity index is 1.72. The Hall–Kier alpha value is -1.62. The van der Waals surface area contributed by atoms with Crippen LogP contribution in [0.25, 0.3) is 0 Å². The Bertz CT molecular complexity index is 528. The van der Waals surface area contributed by atoms with E-state index in [4.69, 9.17) is 0 Å². The van der Waals surface area contributed by atoms with Gasteiger partial charge in [-0.3, -0.25) is 9.78 Å². The topological polar surface area (TPSA) is 56.7 Å². The Morgan fingerprint density at radius 2 is 2.09 bits per heavy atom. The number of hydrogen-bond acceptors (Lipinski definition) is 4. The van der Waals surface area contributed by atoms with Gasteiger partial charge in [-0.1, -0.05) is 19.3 Å². The number of pyridine rings is 1. The molecule has 1 saturated heterocycles. The normalized spacial score (nSPS) is 22.8. The average molecular weight is 303 g/mol. The lowest BCUT2D eigenvalue weighted by Crippen LogP contribution is -2.38. The molecule has 1 amide bonds. The molecule has 1 atom stereocenters. The molecule has 0 spiro atoms. The number of carbonyl (C=O) groups excluding carboxylic acids is 1. The van der Waals surface area contributed by atoms with Gasteiger partial charge in [0.2, 0.25) is 0 Å². The van der Waals surface area contributed by atoms with E-state index in [0.29, 0.717) is 18.3 Å². The van der Waals surface area contributed by atoms with Gasteiger partial charge in [-0.05, 0) is 31.4 Å². The standard InChI is InChI=1S/C17H25N3O2/c1-19(13-5-3-2-4-6-13)17(22)16-11-14(7-9-18-16)20-10-8-15(21)12-20/h7,9,11,13,15,21H,2-6,8,10,12H2,1H3/t15-/m1/s1. The molecule has 1 aliphatic heterocycles. The molecule has 22 heavy (non-hydrogen) atoms. The van der Waals surface area contributed by atoms with Crippen LogP contribution >= 0.6 is 0 Å². The molecule has 5 nitrogen and oxygen atoms in total. The summed E-state index contributed by atoms with van der Waals surface area (Å²) in [6.07, 6.45) is 8.11. The third-order valence-electron chi connectivity index (χ3n) is 4.93. The van der Waals surface area contributed by atoms with Gasteiger partial charge in [0.25, 0.3) is 5.91 Å². The number of aliphatic hydroxyl groups excluding tert-OH is 1. The van der Waals surface area contributed by atoms with E-state index in [1.807, 2.05) is 24.1 Å². The van der Waals surface area contributed by atoms with Crippen LogP contribution in [0, 0.1) is 0 Å². The summed E-state index contributed by atoms with van der Waals surface area (Å²) in [5, 5.41) is 9.67. The zero-order chi connectivity index (χ0) is 15.5. The van der Waals surface area contributed by atoms with Crippen molar-refractivity contribution in [1.82, 2.24) is 9.88 Å². The third-order valence-corrected chi connectivity index (χ3v) is 4.93. The molecule has 0 bridgehead atoms. The van der Waals surface area contributed by atoms with Gasteiger partial charge in [0, 0.05) is 38.1 Å². The minimum absolute atomic E-state index is 0.00787. The van der Waals surface area contributed by atoms with Crippen LogP contribution in [0.1, 0.15) is 49.0 Å². The third kappa shape index (κ3) is 3.24. The lowest BCUT2D eigenvalue weighted by atomic mass is 9.94. The molecule has 0 unspecified atom stereocenters. The first-order valence-electron chi connectivity index (χ1n) is 8.31. The van der Waals surface area contributed by atoms with Crippen LogP contribution in [0.3, 0.4) is 0 Å². The number of anilines is 1. The van der Waals surface area contributed by atoms with Crippen LogP contribution in [0.4, 0.5) is 5.69 Å². The van der Waals surface area contributed by atoms with E-state index >= 15 is 0 Å². The summed E-state index contributed by atoms with van der Waals surface area (Å²) in [6, 6.07) is 4.12. The summed E-state index contributed by atoms with van der Waals surface area (Å²) in [5.41, 5.74) is 1.49. The fourth-order valence-corrected chi connectivity index (χ4v) is 3.52. The van der Waals surface area contributed by atoms with Gasteiger partial charge in [-0.25, -0.2) is 0 Å². The van der Waals surface area contributed by atoms with Crippen LogP contribution in [0.15, 0.2) is 18.3 Å². The van der Waals surface area contributed by atoms with Crippen LogP contribution in [0.2, 0.25) is 0 Å². The average Bonchev–Trinajstić information content (AvgIpc) is 3.01. The highest BCUT2D eigenvalue weighted by Crippen LogP contribution is 2.24. The van der Waals surface area contributed by atoms with Crippen molar-refractivity contribution in [2.45, 2.75) is 50.7 Å². The van der Waals surface area contributed by atoms with E-state index in [1.54, 1.807) is 6.20 Å². The molecule has 1 saturated carbocycles. The predicted molar refractivity (Wildman–Crippen MR) is 86.0 cm³/mol. The molecule has 1 N–H and O–H groups in total. The molecule has 1 aromatic rings. The Kier molecular flexibility index (Phi) is 4.62. The van der Waals surface area contributed by atoms with Crippen molar-refractivity contribution < 1.29 is 9.90 Å². The second-order valence-electron chi connectivity index (χ2n) is 6.50. The molecule has 120 valence electrons. The number of aromatic nitrogens is 1. The Labute approximate surface area is 131 Å².